The molecule has 0 bridgehead atoms. The maximum atomic E-state index is 12.9. The summed E-state index contributed by atoms with van der Waals surface area (Å²) in [6.07, 6.45) is -0.267. The van der Waals surface area contributed by atoms with Gasteiger partial charge in [-0.1, -0.05) is 13.8 Å². The number of halogens is 2. The SMILES string of the molecule is CC(C)C(O)CCNC(=O)C(=O)Nc1cc(F)cc(F)c1. The highest BCUT2D eigenvalue weighted by Gasteiger charge is 2.15. The van der Waals surface area contributed by atoms with Gasteiger partial charge in [-0.15, -0.1) is 0 Å². The Morgan fingerprint density at radius 1 is 1.14 bits per heavy atom. The molecule has 0 heterocycles. The van der Waals surface area contributed by atoms with E-state index in [1.807, 2.05) is 13.8 Å². The maximum absolute atomic E-state index is 12.9. The second-order valence-corrected chi connectivity index (χ2v) is 4.97. The molecule has 116 valence electrons. The summed E-state index contributed by atoms with van der Waals surface area (Å²) in [7, 11) is 0. The average Bonchev–Trinajstić information content (AvgIpc) is 2.36. The van der Waals surface area contributed by atoms with Crippen molar-refractivity contribution in [3.05, 3.63) is 29.8 Å². The molecule has 1 unspecified atom stereocenters. The van der Waals surface area contributed by atoms with E-state index in [9.17, 15) is 23.5 Å². The molecular formula is C14H18F2N2O3. The molecular weight excluding hydrogens is 282 g/mol. The third kappa shape index (κ3) is 5.86. The standard InChI is InChI=1S/C14H18F2N2O3/c1-8(2)12(19)3-4-17-13(20)14(21)18-11-6-9(15)5-10(16)7-11/h5-8,12,19H,3-4H2,1-2H3,(H,17,20)(H,18,21). The zero-order chi connectivity index (χ0) is 16.0. The summed E-state index contributed by atoms with van der Waals surface area (Å²) in [6, 6.07) is 2.45. The van der Waals surface area contributed by atoms with Gasteiger partial charge in [0.1, 0.15) is 11.6 Å². The Morgan fingerprint density at radius 2 is 1.71 bits per heavy atom. The highest BCUT2D eigenvalue weighted by atomic mass is 19.1. The van der Waals surface area contributed by atoms with Crippen molar-refractivity contribution in [3.8, 4) is 0 Å². The fourth-order valence-electron chi connectivity index (χ4n) is 1.56. The van der Waals surface area contributed by atoms with Crippen molar-refractivity contribution in [1.29, 1.82) is 0 Å². The van der Waals surface area contributed by atoms with Gasteiger partial charge in [0.25, 0.3) is 0 Å². The van der Waals surface area contributed by atoms with Crippen molar-refractivity contribution in [1.82, 2.24) is 5.32 Å². The highest BCUT2D eigenvalue weighted by Crippen LogP contribution is 2.12. The average molecular weight is 300 g/mol. The summed E-state index contributed by atoms with van der Waals surface area (Å²) in [5.74, 6) is -3.63. The van der Waals surface area contributed by atoms with Crippen molar-refractivity contribution in [3.63, 3.8) is 0 Å². The molecule has 0 aromatic heterocycles. The molecule has 2 amide bonds. The lowest BCUT2D eigenvalue weighted by atomic mass is 10.0. The summed E-state index contributed by atoms with van der Waals surface area (Å²) < 4.78 is 25.9. The van der Waals surface area contributed by atoms with Gasteiger partial charge in [0.2, 0.25) is 0 Å². The predicted octanol–water partition coefficient (Wildman–Crippen LogP) is 1.43. The highest BCUT2D eigenvalue weighted by molar-refractivity contribution is 6.39. The van der Waals surface area contributed by atoms with Crippen LogP contribution >= 0.6 is 0 Å². The van der Waals surface area contributed by atoms with Crippen molar-refractivity contribution in [2.45, 2.75) is 26.4 Å². The van der Waals surface area contributed by atoms with Crippen molar-refractivity contribution in [2.75, 3.05) is 11.9 Å². The molecule has 0 aliphatic rings. The quantitative estimate of drug-likeness (QED) is 0.720. The Bertz CT molecular complexity index is 501. The van der Waals surface area contributed by atoms with Gasteiger partial charge < -0.3 is 15.7 Å². The number of aliphatic hydroxyl groups is 1. The molecule has 0 fully saturated rings. The summed E-state index contributed by atoms with van der Waals surface area (Å²) in [5.41, 5.74) is -0.144. The van der Waals surface area contributed by atoms with E-state index < -0.39 is 29.6 Å². The second-order valence-electron chi connectivity index (χ2n) is 4.97. The molecule has 0 radical (unpaired) electrons. The first-order valence-electron chi connectivity index (χ1n) is 6.53. The molecule has 1 aromatic rings. The van der Waals surface area contributed by atoms with E-state index in [1.54, 1.807) is 0 Å². The zero-order valence-corrected chi connectivity index (χ0v) is 11.8. The van der Waals surface area contributed by atoms with Crippen LogP contribution in [-0.4, -0.2) is 29.6 Å². The van der Waals surface area contributed by atoms with Gasteiger partial charge in [-0.05, 0) is 24.5 Å². The van der Waals surface area contributed by atoms with Gasteiger partial charge in [-0.2, -0.15) is 0 Å². The second kappa shape index (κ2) is 7.68. The normalized spacial score (nSPS) is 12.1. The van der Waals surface area contributed by atoms with Crippen LogP contribution in [0.15, 0.2) is 18.2 Å². The summed E-state index contributed by atoms with van der Waals surface area (Å²) >= 11 is 0. The number of amides is 2. The fraction of sp³-hybridized carbons (Fsp3) is 0.429. The Kier molecular flexibility index (Phi) is 6.23. The van der Waals surface area contributed by atoms with Gasteiger partial charge in [0.05, 0.1) is 6.10 Å². The van der Waals surface area contributed by atoms with E-state index in [2.05, 4.69) is 10.6 Å². The minimum absolute atomic E-state index is 0.0472. The van der Waals surface area contributed by atoms with Crippen molar-refractivity contribution in [2.24, 2.45) is 5.92 Å². The van der Waals surface area contributed by atoms with Crippen LogP contribution in [-0.2, 0) is 9.59 Å². The van der Waals surface area contributed by atoms with Gasteiger partial charge >= 0.3 is 11.8 Å². The summed E-state index contributed by atoms with van der Waals surface area (Å²) in [5, 5.41) is 13.9. The Hall–Kier alpha value is -2.02. The minimum Gasteiger partial charge on any atom is -0.393 e. The van der Waals surface area contributed by atoms with Crippen LogP contribution in [0.4, 0.5) is 14.5 Å². The molecule has 21 heavy (non-hydrogen) atoms. The number of carbonyl (C=O) groups excluding carboxylic acids is 2. The minimum atomic E-state index is -1.03. The molecule has 0 aliphatic heterocycles. The molecule has 0 aliphatic carbocycles. The third-order valence-corrected chi connectivity index (χ3v) is 2.82. The van der Waals surface area contributed by atoms with E-state index in [0.29, 0.717) is 12.5 Å². The lowest BCUT2D eigenvalue weighted by Gasteiger charge is -2.14. The van der Waals surface area contributed by atoms with Crippen LogP contribution in [0.2, 0.25) is 0 Å². The van der Waals surface area contributed by atoms with Gasteiger partial charge in [-0.3, -0.25) is 9.59 Å². The fourth-order valence-corrected chi connectivity index (χ4v) is 1.56. The van der Waals surface area contributed by atoms with Crippen LogP contribution in [0, 0.1) is 17.6 Å². The number of nitrogens with one attached hydrogen (secondary N) is 2. The number of carbonyl (C=O) groups is 2. The number of hydrogen-bond acceptors (Lipinski definition) is 3. The predicted molar refractivity (Wildman–Crippen MR) is 73.5 cm³/mol. The van der Waals surface area contributed by atoms with E-state index in [0.717, 1.165) is 12.1 Å². The number of anilines is 1. The molecule has 7 heteroatoms. The molecule has 1 aromatic carbocycles. The van der Waals surface area contributed by atoms with Gasteiger partial charge in [0.15, 0.2) is 0 Å². The number of rotatable bonds is 5. The van der Waals surface area contributed by atoms with Gasteiger partial charge in [-0.25, -0.2) is 8.78 Å². The molecule has 1 atom stereocenters. The Morgan fingerprint density at radius 3 is 2.24 bits per heavy atom. The van der Waals surface area contributed by atoms with E-state index in [1.165, 1.54) is 0 Å². The monoisotopic (exact) mass is 300 g/mol. The number of benzene rings is 1. The van der Waals surface area contributed by atoms with Crippen molar-refractivity contribution < 1.29 is 23.5 Å². The molecule has 0 saturated heterocycles. The number of hydrogen-bond donors (Lipinski definition) is 3. The van der Waals surface area contributed by atoms with Crippen molar-refractivity contribution >= 4 is 17.5 Å². The van der Waals surface area contributed by atoms with Crippen LogP contribution in [0.3, 0.4) is 0 Å². The van der Waals surface area contributed by atoms with E-state index in [4.69, 9.17) is 0 Å². The summed E-state index contributed by atoms with van der Waals surface area (Å²) in [6.45, 7) is 3.79. The molecule has 0 saturated carbocycles. The third-order valence-electron chi connectivity index (χ3n) is 2.82. The van der Waals surface area contributed by atoms with Crippen LogP contribution in [0.1, 0.15) is 20.3 Å². The summed E-state index contributed by atoms with van der Waals surface area (Å²) in [4.78, 5) is 23.0. The molecule has 0 spiro atoms. The van der Waals surface area contributed by atoms with E-state index in [-0.39, 0.29) is 18.2 Å². The first-order chi connectivity index (χ1) is 9.79. The Labute approximate surface area is 121 Å². The number of aliphatic hydroxyl groups excluding tert-OH is 1. The first-order valence-corrected chi connectivity index (χ1v) is 6.53. The van der Waals surface area contributed by atoms with Crippen LogP contribution in [0.5, 0.6) is 0 Å². The largest absolute Gasteiger partial charge is 0.393 e. The topological polar surface area (TPSA) is 78.4 Å². The smallest absolute Gasteiger partial charge is 0.313 e. The zero-order valence-electron chi connectivity index (χ0n) is 11.8. The molecule has 5 nitrogen and oxygen atoms in total. The lowest BCUT2D eigenvalue weighted by Crippen LogP contribution is -2.37. The molecule has 1 rings (SSSR count). The molecule has 3 N–H and O–H groups in total. The van der Waals surface area contributed by atoms with Crippen LogP contribution in [0.25, 0.3) is 0 Å². The lowest BCUT2D eigenvalue weighted by molar-refractivity contribution is -0.136. The Balaban J connectivity index is 2.46. The van der Waals surface area contributed by atoms with E-state index >= 15 is 0 Å². The van der Waals surface area contributed by atoms with Crippen LogP contribution < -0.4 is 10.6 Å². The maximum Gasteiger partial charge on any atom is 0.313 e. The first kappa shape index (κ1) is 17.0. The van der Waals surface area contributed by atoms with Gasteiger partial charge in [0, 0.05) is 18.3 Å².